The van der Waals surface area contributed by atoms with Gasteiger partial charge >= 0.3 is 0 Å². The second-order valence-corrected chi connectivity index (χ2v) is 11.0. The van der Waals surface area contributed by atoms with E-state index in [0.29, 0.717) is 34.8 Å². The summed E-state index contributed by atoms with van der Waals surface area (Å²) in [4.78, 5) is 56.1. The van der Waals surface area contributed by atoms with Crippen LogP contribution < -0.4 is 10.9 Å². The fraction of sp³-hybridized carbons (Fsp3) is 0.370. The fourth-order valence-corrected chi connectivity index (χ4v) is 5.75. The minimum absolute atomic E-state index is 0.00433. The molecule has 2 aliphatic heterocycles. The Hall–Kier alpha value is -3.87. The van der Waals surface area contributed by atoms with E-state index in [1.807, 2.05) is 0 Å². The fourth-order valence-electron chi connectivity index (χ4n) is 5.30. The highest BCUT2D eigenvalue weighted by molar-refractivity contribution is 9.10. The Morgan fingerprint density at radius 1 is 1.05 bits per heavy atom. The summed E-state index contributed by atoms with van der Waals surface area (Å²) in [5.41, 5.74) is 0.0234. The summed E-state index contributed by atoms with van der Waals surface area (Å²) in [6.45, 7) is 0.272. The van der Waals surface area contributed by atoms with E-state index in [-0.39, 0.29) is 48.0 Å². The second-order valence-electron chi connectivity index (χ2n) is 10.1. The van der Waals surface area contributed by atoms with Crippen LogP contribution in [0.5, 0.6) is 0 Å². The zero-order valence-electron chi connectivity index (χ0n) is 21.3. The Labute approximate surface area is 235 Å². The number of benzene rings is 2. The molecule has 2 aromatic carbocycles. The van der Waals surface area contributed by atoms with Gasteiger partial charge in [-0.3, -0.25) is 24.5 Å². The van der Waals surface area contributed by atoms with Crippen molar-refractivity contribution in [1.29, 1.82) is 0 Å². The van der Waals surface area contributed by atoms with Gasteiger partial charge in [-0.15, -0.1) is 0 Å². The lowest BCUT2D eigenvalue weighted by Crippen LogP contribution is -2.46. The molecule has 2 fully saturated rings. The van der Waals surface area contributed by atoms with Crippen LogP contribution in [0.2, 0.25) is 0 Å². The van der Waals surface area contributed by atoms with E-state index in [4.69, 9.17) is 0 Å². The minimum atomic E-state index is -2.85. The third-order valence-corrected chi connectivity index (χ3v) is 7.79. The van der Waals surface area contributed by atoms with Crippen LogP contribution in [0.1, 0.15) is 46.4 Å². The first-order valence-corrected chi connectivity index (χ1v) is 13.6. The van der Waals surface area contributed by atoms with Crippen molar-refractivity contribution in [3.63, 3.8) is 0 Å². The number of anilines is 1. The standard InChI is InChI=1S/C27H26BrF2N5O5/c28-16-12-20(26(38)33-10-7-27(29,30)8-11-33)24(22(13-16)35(39)40)31-17-4-3-9-34(15-17)25(37)19-14-23(36)32-21-6-2-1-5-18(19)21/h1-2,5-6,12-14,17,31H,3-4,7-11,15H2,(H,32,36)/t17-/m1/s1. The van der Waals surface area contributed by atoms with E-state index in [9.17, 15) is 33.3 Å². The SMILES string of the molecule is O=C(c1cc(Br)cc([N+](=O)[O-])c1N[C@@H]1CCCN(C(=O)c2cc(=O)[nH]c3ccccc23)C1)N1CCC(F)(F)CC1. The zero-order chi connectivity index (χ0) is 28.6. The summed E-state index contributed by atoms with van der Waals surface area (Å²) in [5.74, 6) is -3.78. The number of piperidine rings is 2. The van der Waals surface area contributed by atoms with Crippen LogP contribution in [-0.2, 0) is 0 Å². The lowest BCUT2D eigenvalue weighted by Gasteiger charge is -2.35. The summed E-state index contributed by atoms with van der Waals surface area (Å²) in [5, 5.41) is 15.7. The van der Waals surface area contributed by atoms with Crippen molar-refractivity contribution in [3.8, 4) is 0 Å². The molecule has 13 heteroatoms. The maximum absolute atomic E-state index is 13.7. The van der Waals surface area contributed by atoms with Gasteiger partial charge in [-0.1, -0.05) is 34.1 Å². The van der Waals surface area contributed by atoms with Crippen molar-refractivity contribution in [2.45, 2.75) is 37.6 Å². The molecule has 0 bridgehead atoms. The number of amides is 2. The van der Waals surface area contributed by atoms with Crippen LogP contribution >= 0.6 is 15.9 Å². The number of para-hydroxylation sites is 1. The van der Waals surface area contributed by atoms with Crippen molar-refractivity contribution in [1.82, 2.24) is 14.8 Å². The number of aromatic amines is 1. The predicted octanol–water partition coefficient (Wildman–Crippen LogP) is 4.79. The van der Waals surface area contributed by atoms with Crippen LogP contribution in [-0.4, -0.2) is 69.7 Å². The third-order valence-electron chi connectivity index (χ3n) is 7.33. The van der Waals surface area contributed by atoms with Gasteiger partial charge in [-0.25, -0.2) is 8.78 Å². The van der Waals surface area contributed by atoms with Gasteiger partial charge < -0.3 is 20.1 Å². The Balaban J connectivity index is 1.42. The number of nitro groups is 1. The van der Waals surface area contributed by atoms with E-state index in [1.165, 1.54) is 23.1 Å². The number of fused-ring (bicyclic) bond motifs is 1. The number of carbonyl (C=O) groups is 2. The van der Waals surface area contributed by atoms with E-state index < -0.39 is 41.2 Å². The first kappa shape index (κ1) is 27.7. The number of pyridine rings is 1. The average molecular weight is 618 g/mol. The number of rotatable bonds is 5. The lowest BCUT2D eigenvalue weighted by molar-refractivity contribution is -0.384. The highest BCUT2D eigenvalue weighted by atomic mass is 79.9. The van der Waals surface area contributed by atoms with Crippen molar-refractivity contribution in [3.05, 3.63) is 78.5 Å². The van der Waals surface area contributed by atoms with E-state index >= 15 is 0 Å². The number of halogens is 3. The summed E-state index contributed by atoms with van der Waals surface area (Å²) in [7, 11) is 0. The molecule has 0 unspecified atom stereocenters. The van der Waals surface area contributed by atoms with Crippen LogP contribution in [0.25, 0.3) is 10.9 Å². The van der Waals surface area contributed by atoms with Crippen LogP contribution in [0.3, 0.4) is 0 Å². The zero-order valence-corrected chi connectivity index (χ0v) is 22.9. The number of carbonyl (C=O) groups excluding carboxylic acids is 2. The Kier molecular flexibility index (Phi) is 7.58. The lowest BCUT2D eigenvalue weighted by atomic mass is 10.0. The molecule has 1 atom stereocenters. The number of alkyl halides is 2. The molecule has 2 saturated heterocycles. The summed E-state index contributed by atoms with van der Waals surface area (Å²) in [6, 6.07) is 10.5. The van der Waals surface area contributed by atoms with Crippen molar-refractivity contribution < 1.29 is 23.3 Å². The number of hydrogen-bond acceptors (Lipinski definition) is 6. The quantitative estimate of drug-likeness (QED) is 0.313. The van der Waals surface area contributed by atoms with E-state index in [2.05, 4.69) is 26.2 Å². The van der Waals surface area contributed by atoms with Crippen molar-refractivity contribution in [2.24, 2.45) is 0 Å². The molecule has 0 aliphatic carbocycles. The molecule has 210 valence electrons. The highest BCUT2D eigenvalue weighted by Gasteiger charge is 2.37. The summed E-state index contributed by atoms with van der Waals surface area (Å²) < 4.78 is 27.7. The molecule has 40 heavy (non-hydrogen) atoms. The van der Waals surface area contributed by atoms with Crippen molar-refractivity contribution >= 4 is 50.0 Å². The van der Waals surface area contributed by atoms with Crippen LogP contribution in [0.4, 0.5) is 20.2 Å². The molecule has 5 rings (SSSR count). The highest BCUT2D eigenvalue weighted by Crippen LogP contribution is 2.36. The molecule has 0 radical (unpaired) electrons. The predicted molar refractivity (Wildman–Crippen MR) is 148 cm³/mol. The monoisotopic (exact) mass is 617 g/mol. The van der Waals surface area contributed by atoms with Gasteiger partial charge in [-0.2, -0.15) is 0 Å². The Morgan fingerprint density at radius 2 is 1.75 bits per heavy atom. The minimum Gasteiger partial charge on any atom is -0.374 e. The molecule has 3 aromatic rings. The first-order valence-electron chi connectivity index (χ1n) is 12.9. The van der Waals surface area contributed by atoms with Gasteiger partial charge in [-0.05, 0) is 25.0 Å². The maximum Gasteiger partial charge on any atom is 0.294 e. The van der Waals surface area contributed by atoms with Gasteiger partial charge in [0.2, 0.25) is 5.56 Å². The van der Waals surface area contributed by atoms with E-state index in [0.717, 1.165) is 0 Å². The van der Waals surface area contributed by atoms with Gasteiger partial charge in [0, 0.05) is 72.6 Å². The number of hydrogen-bond donors (Lipinski definition) is 2. The number of nitrogens with one attached hydrogen (secondary N) is 2. The number of nitrogens with zero attached hydrogens (tertiary/aromatic N) is 3. The third kappa shape index (κ3) is 5.69. The second kappa shape index (κ2) is 11.0. The molecule has 3 heterocycles. The normalized spacial score (nSPS) is 18.9. The first-order chi connectivity index (χ1) is 19.0. The summed E-state index contributed by atoms with van der Waals surface area (Å²) in [6.07, 6.45) is 0.193. The van der Waals surface area contributed by atoms with Gasteiger partial charge in [0.05, 0.1) is 16.1 Å². The van der Waals surface area contributed by atoms with Gasteiger partial charge in [0.25, 0.3) is 23.4 Å². The van der Waals surface area contributed by atoms with Gasteiger partial charge in [0.1, 0.15) is 5.69 Å². The molecule has 10 nitrogen and oxygen atoms in total. The van der Waals surface area contributed by atoms with Crippen LogP contribution in [0, 0.1) is 10.1 Å². The number of H-pyrrole nitrogens is 1. The number of nitro benzene ring substituents is 1. The molecule has 0 saturated carbocycles. The molecule has 0 spiro atoms. The number of aromatic nitrogens is 1. The van der Waals surface area contributed by atoms with Gasteiger partial charge in [0.15, 0.2) is 0 Å². The molecule has 2 aliphatic rings. The molecule has 2 N–H and O–H groups in total. The molecule has 2 amide bonds. The Bertz CT molecular complexity index is 1550. The maximum atomic E-state index is 13.7. The smallest absolute Gasteiger partial charge is 0.294 e. The summed E-state index contributed by atoms with van der Waals surface area (Å²) >= 11 is 3.23. The molecular formula is C27H26BrF2N5O5. The van der Waals surface area contributed by atoms with Crippen molar-refractivity contribution in [2.75, 3.05) is 31.5 Å². The number of likely N-dealkylation sites (tertiary alicyclic amines) is 2. The molecule has 1 aromatic heterocycles. The average Bonchev–Trinajstić information content (AvgIpc) is 2.92. The van der Waals surface area contributed by atoms with E-state index in [1.54, 1.807) is 29.2 Å². The Morgan fingerprint density at radius 3 is 2.48 bits per heavy atom. The topological polar surface area (TPSA) is 129 Å². The molecular weight excluding hydrogens is 592 g/mol. The largest absolute Gasteiger partial charge is 0.374 e. The van der Waals surface area contributed by atoms with Crippen LogP contribution in [0.15, 0.2) is 51.7 Å².